The first-order chi connectivity index (χ1) is 13.7. The molecule has 1 amide bonds. The van der Waals surface area contributed by atoms with Crippen LogP contribution in [0.3, 0.4) is 0 Å². The third kappa shape index (κ3) is 3.72. The summed E-state index contributed by atoms with van der Waals surface area (Å²) in [5.74, 6) is -3.45. The molecule has 0 radical (unpaired) electrons. The van der Waals surface area contributed by atoms with Gasteiger partial charge >= 0.3 is 18.1 Å². The van der Waals surface area contributed by atoms with Gasteiger partial charge in [-0.25, -0.2) is 13.6 Å². The van der Waals surface area contributed by atoms with Crippen LogP contribution in [0.4, 0.5) is 27.6 Å². The van der Waals surface area contributed by atoms with Crippen molar-refractivity contribution in [2.75, 3.05) is 12.0 Å². The Bertz CT molecular complexity index is 984. The monoisotopic (exact) mass is 411 g/mol. The van der Waals surface area contributed by atoms with Crippen molar-refractivity contribution in [3.63, 3.8) is 0 Å². The number of carbonyl (C=O) groups is 2. The molecule has 1 aliphatic heterocycles. The van der Waals surface area contributed by atoms with E-state index >= 15 is 0 Å². The lowest BCUT2D eigenvalue weighted by atomic mass is 9.92. The number of esters is 1. The number of fused-ring (bicyclic) bond motifs is 2. The molecule has 2 aromatic rings. The molecular weight excluding hydrogens is 397 g/mol. The van der Waals surface area contributed by atoms with Gasteiger partial charge in [0, 0.05) is 5.56 Å². The lowest BCUT2D eigenvalue weighted by Gasteiger charge is -2.30. The SMILES string of the molecule is COC(=O)C1c2ccccc2/C(=C/C(F)F)c2ccccc2N1C(=O)C(F)(F)F. The summed E-state index contributed by atoms with van der Waals surface area (Å²) in [6, 6.07) is 9.09. The molecule has 152 valence electrons. The van der Waals surface area contributed by atoms with Gasteiger partial charge in [-0.05, 0) is 28.8 Å². The van der Waals surface area contributed by atoms with E-state index in [1.807, 2.05) is 0 Å². The zero-order valence-electron chi connectivity index (χ0n) is 14.9. The molecule has 3 rings (SSSR count). The number of methoxy groups -OCH3 is 1. The van der Waals surface area contributed by atoms with Crippen LogP contribution in [0, 0.1) is 0 Å². The van der Waals surface area contributed by atoms with Crippen molar-refractivity contribution in [2.24, 2.45) is 0 Å². The minimum atomic E-state index is -5.31. The highest BCUT2D eigenvalue weighted by Crippen LogP contribution is 2.45. The van der Waals surface area contributed by atoms with E-state index in [1.165, 1.54) is 48.5 Å². The summed E-state index contributed by atoms with van der Waals surface area (Å²) in [5, 5.41) is 0. The molecule has 1 unspecified atom stereocenters. The first kappa shape index (κ1) is 20.5. The second kappa shape index (κ2) is 7.65. The third-order valence-electron chi connectivity index (χ3n) is 4.44. The Kier molecular flexibility index (Phi) is 5.41. The Morgan fingerprint density at radius 1 is 1.03 bits per heavy atom. The molecular formula is C20H14F5NO3. The molecule has 29 heavy (non-hydrogen) atoms. The number of rotatable bonds is 2. The quantitative estimate of drug-likeness (QED) is 0.540. The minimum Gasteiger partial charge on any atom is -0.467 e. The number of amides is 1. The maximum atomic E-state index is 13.4. The molecule has 4 nitrogen and oxygen atoms in total. The Morgan fingerprint density at radius 2 is 1.62 bits per heavy atom. The number of hydrogen-bond donors (Lipinski definition) is 0. The zero-order valence-corrected chi connectivity index (χ0v) is 14.9. The molecule has 0 fully saturated rings. The predicted molar refractivity (Wildman–Crippen MR) is 94.3 cm³/mol. The van der Waals surface area contributed by atoms with Crippen LogP contribution in [0.2, 0.25) is 0 Å². The van der Waals surface area contributed by atoms with Gasteiger partial charge in [-0.2, -0.15) is 13.2 Å². The number of ether oxygens (including phenoxy) is 1. The van der Waals surface area contributed by atoms with E-state index in [0.717, 1.165) is 7.11 Å². The summed E-state index contributed by atoms with van der Waals surface area (Å²) in [7, 11) is 0.966. The topological polar surface area (TPSA) is 46.6 Å². The number of alkyl halides is 5. The second-order valence-electron chi connectivity index (χ2n) is 6.12. The lowest BCUT2D eigenvalue weighted by Crippen LogP contribution is -2.46. The molecule has 2 aromatic carbocycles. The van der Waals surface area contributed by atoms with Gasteiger partial charge in [0.25, 0.3) is 6.43 Å². The Morgan fingerprint density at radius 3 is 2.21 bits per heavy atom. The number of nitrogens with zero attached hydrogens (tertiary/aromatic N) is 1. The molecule has 9 heteroatoms. The fraction of sp³-hybridized carbons (Fsp3) is 0.200. The van der Waals surface area contributed by atoms with Crippen molar-refractivity contribution in [1.82, 2.24) is 0 Å². The Labute approximate surface area is 162 Å². The predicted octanol–water partition coefficient (Wildman–Crippen LogP) is 4.51. The molecule has 0 spiro atoms. The van der Waals surface area contributed by atoms with E-state index < -0.39 is 30.5 Å². The van der Waals surface area contributed by atoms with E-state index in [9.17, 15) is 31.5 Å². The maximum Gasteiger partial charge on any atom is 0.471 e. The van der Waals surface area contributed by atoms with Crippen molar-refractivity contribution >= 4 is 23.1 Å². The zero-order chi connectivity index (χ0) is 21.3. The maximum absolute atomic E-state index is 13.4. The minimum absolute atomic E-state index is 0.0377. The first-order valence-corrected chi connectivity index (χ1v) is 8.33. The normalized spacial score (nSPS) is 17.6. The largest absolute Gasteiger partial charge is 0.471 e. The fourth-order valence-corrected chi connectivity index (χ4v) is 3.33. The van der Waals surface area contributed by atoms with Crippen LogP contribution < -0.4 is 4.90 Å². The van der Waals surface area contributed by atoms with Gasteiger partial charge in [0.15, 0.2) is 6.04 Å². The molecule has 0 aromatic heterocycles. The molecule has 0 aliphatic carbocycles. The highest BCUT2D eigenvalue weighted by atomic mass is 19.4. The van der Waals surface area contributed by atoms with Gasteiger partial charge in [-0.1, -0.05) is 42.5 Å². The van der Waals surface area contributed by atoms with Crippen LogP contribution in [0.5, 0.6) is 0 Å². The molecule has 0 bridgehead atoms. The fourth-order valence-electron chi connectivity index (χ4n) is 3.33. The third-order valence-corrected chi connectivity index (χ3v) is 4.44. The van der Waals surface area contributed by atoms with Crippen LogP contribution >= 0.6 is 0 Å². The lowest BCUT2D eigenvalue weighted by molar-refractivity contribution is -0.172. The van der Waals surface area contributed by atoms with Crippen molar-refractivity contribution in [3.05, 3.63) is 71.3 Å². The smallest absolute Gasteiger partial charge is 0.467 e. The summed E-state index contributed by atoms with van der Waals surface area (Å²) in [6.07, 6.45) is -7.66. The number of carbonyl (C=O) groups excluding carboxylic acids is 2. The molecule has 1 aliphatic rings. The van der Waals surface area contributed by atoms with E-state index in [2.05, 4.69) is 4.74 Å². The van der Waals surface area contributed by atoms with E-state index in [4.69, 9.17) is 0 Å². The Balaban J connectivity index is 2.44. The van der Waals surface area contributed by atoms with Crippen LogP contribution in [-0.2, 0) is 14.3 Å². The average Bonchev–Trinajstić information content (AvgIpc) is 2.79. The number of benzene rings is 2. The van der Waals surface area contributed by atoms with Crippen molar-refractivity contribution in [1.29, 1.82) is 0 Å². The van der Waals surface area contributed by atoms with Gasteiger partial charge in [0.1, 0.15) is 0 Å². The number of hydrogen-bond acceptors (Lipinski definition) is 3. The first-order valence-electron chi connectivity index (χ1n) is 8.33. The van der Waals surface area contributed by atoms with Crippen molar-refractivity contribution < 1.29 is 36.3 Å². The average molecular weight is 411 g/mol. The summed E-state index contributed by atoms with van der Waals surface area (Å²) >= 11 is 0. The van der Waals surface area contributed by atoms with Gasteiger partial charge in [0.05, 0.1) is 12.8 Å². The highest BCUT2D eigenvalue weighted by Gasteiger charge is 2.49. The number of halogens is 5. The summed E-state index contributed by atoms with van der Waals surface area (Å²) < 4.78 is 71.4. The molecule has 1 heterocycles. The van der Waals surface area contributed by atoms with Crippen molar-refractivity contribution in [3.8, 4) is 0 Å². The molecule has 0 saturated heterocycles. The Hall–Kier alpha value is -3.23. The van der Waals surface area contributed by atoms with Crippen LogP contribution in [0.25, 0.3) is 5.57 Å². The van der Waals surface area contributed by atoms with Crippen LogP contribution in [-0.4, -0.2) is 31.6 Å². The highest BCUT2D eigenvalue weighted by molar-refractivity contribution is 6.07. The van der Waals surface area contributed by atoms with E-state index in [-0.39, 0.29) is 32.9 Å². The van der Waals surface area contributed by atoms with E-state index in [0.29, 0.717) is 6.08 Å². The number of allylic oxidation sites excluding steroid dienone is 1. The van der Waals surface area contributed by atoms with Crippen LogP contribution in [0.15, 0.2) is 54.6 Å². The molecule has 0 N–H and O–H groups in total. The summed E-state index contributed by atoms with van der Waals surface area (Å²) in [5.41, 5.74) is -0.400. The van der Waals surface area contributed by atoms with Gasteiger partial charge in [-0.3, -0.25) is 9.69 Å². The standard InChI is InChI=1S/C20H14F5NO3/c1-29-18(27)17-13-8-3-2-6-11(13)14(10-16(21)22)12-7-4-5-9-15(12)26(17)19(28)20(23,24)25/h2-10,16-17H,1H3/b14-10-. The molecule has 0 saturated carbocycles. The van der Waals surface area contributed by atoms with Gasteiger partial charge in [0.2, 0.25) is 0 Å². The number of anilines is 1. The van der Waals surface area contributed by atoms with Gasteiger partial charge in [-0.15, -0.1) is 0 Å². The summed E-state index contributed by atoms with van der Waals surface area (Å²) in [4.78, 5) is 25.1. The second-order valence-corrected chi connectivity index (χ2v) is 6.12. The van der Waals surface area contributed by atoms with Crippen molar-refractivity contribution in [2.45, 2.75) is 18.6 Å². The van der Waals surface area contributed by atoms with E-state index in [1.54, 1.807) is 0 Å². The number of para-hydroxylation sites is 1. The summed E-state index contributed by atoms with van der Waals surface area (Å²) in [6.45, 7) is 0. The van der Waals surface area contributed by atoms with Crippen LogP contribution in [0.1, 0.15) is 22.7 Å². The molecule has 1 atom stereocenters. The van der Waals surface area contributed by atoms with Gasteiger partial charge < -0.3 is 4.74 Å².